The number of hydrogen-bond acceptors (Lipinski definition) is 5. The van der Waals surface area contributed by atoms with Crippen molar-refractivity contribution in [3.05, 3.63) is 36.4 Å². The number of rotatable bonds is 4. The van der Waals surface area contributed by atoms with Gasteiger partial charge in [-0.05, 0) is 31.2 Å². The molecule has 0 saturated carbocycles. The van der Waals surface area contributed by atoms with Crippen LogP contribution in [0.3, 0.4) is 0 Å². The molecule has 6 heteroatoms. The van der Waals surface area contributed by atoms with Crippen LogP contribution >= 0.6 is 12.4 Å². The smallest absolute Gasteiger partial charge is 0.209 e. The molecule has 120 valence electrons. The van der Waals surface area contributed by atoms with Crippen molar-refractivity contribution >= 4 is 12.4 Å². The third-order valence-electron chi connectivity index (χ3n) is 3.91. The zero-order valence-electron chi connectivity index (χ0n) is 12.9. The Morgan fingerprint density at radius 3 is 2.82 bits per heavy atom. The molecule has 1 atom stereocenters. The number of nitrogens with one attached hydrogen (secondary N) is 1. The second-order valence-electron chi connectivity index (χ2n) is 5.37. The maximum absolute atomic E-state index is 5.88. The molecular weight excluding hydrogens is 302 g/mol. The SMILES string of the molecule is COc1ccc(-c2cnc(CN3CCNC[C@H]3C)o2)cc1.Cl. The summed E-state index contributed by atoms with van der Waals surface area (Å²) >= 11 is 0. The van der Waals surface area contributed by atoms with Crippen LogP contribution in [0.2, 0.25) is 0 Å². The van der Waals surface area contributed by atoms with E-state index >= 15 is 0 Å². The fraction of sp³-hybridized carbons (Fsp3) is 0.438. The maximum atomic E-state index is 5.88. The first-order valence-corrected chi connectivity index (χ1v) is 7.30. The summed E-state index contributed by atoms with van der Waals surface area (Å²) in [7, 11) is 1.66. The van der Waals surface area contributed by atoms with Gasteiger partial charge in [-0.25, -0.2) is 4.98 Å². The molecular formula is C16H22ClN3O2. The van der Waals surface area contributed by atoms with E-state index in [2.05, 4.69) is 22.1 Å². The van der Waals surface area contributed by atoms with Crippen LogP contribution in [0.5, 0.6) is 5.75 Å². The summed E-state index contributed by atoms with van der Waals surface area (Å²) in [5, 5.41) is 3.39. The van der Waals surface area contributed by atoms with Crippen molar-refractivity contribution in [3.63, 3.8) is 0 Å². The Kier molecular flexibility index (Phi) is 5.83. The Balaban J connectivity index is 0.00000176. The minimum Gasteiger partial charge on any atom is -0.497 e. The Morgan fingerprint density at radius 1 is 1.36 bits per heavy atom. The van der Waals surface area contributed by atoms with E-state index in [-0.39, 0.29) is 12.4 Å². The standard InChI is InChI=1S/C16H21N3O2.ClH/c1-12-9-17-7-8-19(12)11-16-18-10-15(21-16)13-3-5-14(20-2)6-4-13;/h3-6,10,12,17H,7-9,11H2,1-2H3;1H/t12-;/m1./s1. The van der Waals surface area contributed by atoms with Crippen LogP contribution in [-0.2, 0) is 6.54 Å². The second kappa shape index (κ2) is 7.63. The van der Waals surface area contributed by atoms with Gasteiger partial charge in [-0.3, -0.25) is 4.90 Å². The molecule has 0 radical (unpaired) electrons. The Hall–Kier alpha value is -1.56. The van der Waals surface area contributed by atoms with E-state index < -0.39 is 0 Å². The first-order chi connectivity index (χ1) is 10.3. The molecule has 2 aromatic rings. The molecule has 5 nitrogen and oxygen atoms in total. The van der Waals surface area contributed by atoms with Crippen molar-refractivity contribution in [2.24, 2.45) is 0 Å². The quantitative estimate of drug-likeness (QED) is 0.937. The van der Waals surface area contributed by atoms with Gasteiger partial charge in [0.1, 0.15) is 5.75 Å². The van der Waals surface area contributed by atoms with Crippen molar-refractivity contribution in [1.82, 2.24) is 15.2 Å². The molecule has 0 bridgehead atoms. The van der Waals surface area contributed by atoms with Gasteiger partial charge in [-0.1, -0.05) is 0 Å². The molecule has 1 N–H and O–H groups in total. The van der Waals surface area contributed by atoms with Gasteiger partial charge in [-0.15, -0.1) is 12.4 Å². The van der Waals surface area contributed by atoms with E-state index in [1.807, 2.05) is 24.3 Å². The minimum atomic E-state index is 0. The monoisotopic (exact) mass is 323 g/mol. The Bertz CT molecular complexity index is 585. The van der Waals surface area contributed by atoms with Crippen molar-refractivity contribution < 1.29 is 9.15 Å². The number of piperazine rings is 1. The molecule has 1 aliphatic rings. The van der Waals surface area contributed by atoms with Crippen LogP contribution in [0.25, 0.3) is 11.3 Å². The van der Waals surface area contributed by atoms with Gasteiger partial charge in [0.25, 0.3) is 0 Å². The molecule has 1 saturated heterocycles. The number of aromatic nitrogens is 1. The molecule has 2 heterocycles. The van der Waals surface area contributed by atoms with Crippen molar-refractivity contribution in [3.8, 4) is 17.1 Å². The second-order valence-corrected chi connectivity index (χ2v) is 5.37. The van der Waals surface area contributed by atoms with E-state index in [0.29, 0.717) is 6.04 Å². The predicted octanol–water partition coefficient (Wildman–Crippen LogP) is 2.57. The van der Waals surface area contributed by atoms with Crippen LogP contribution in [0, 0.1) is 0 Å². The lowest BCUT2D eigenvalue weighted by Gasteiger charge is -2.32. The molecule has 3 rings (SSSR count). The number of ether oxygens (including phenoxy) is 1. The topological polar surface area (TPSA) is 50.5 Å². The third-order valence-corrected chi connectivity index (χ3v) is 3.91. The van der Waals surface area contributed by atoms with Crippen molar-refractivity contribution in [2.45, 2.75) is 19.5 Å². The van der Waals surface area contributed by atoms with E-state index in [0.717, 1.165) is 49.1 Å². The van der Waals surface area contributed by atoms with Crippen LogP contribution in [0.15, 0.2) is 34.9 Å². The number of halogens is 1. The molecule has 0 unspecified atom stereocenters. The van der Waals surface area contributed by atoms with Gasteiger partial charge < -0.3 is 14.5 Å². The molecule has 0 spiro atoms. The van der Waals surface area contributed by atoms with Gasteiger partial charge in [-0.2, -0.15) is 0 Å². The largest absolute Gasteiger partial charge is 0.497 e. The highest BCUT2D eigenvalue weighted by Crippen LogP contribution is 2.23. The number of methoxy groups -OCH3 is 1. The third kappa shape index (κ3) is 3.80. The molecule has 1 aliphatic heterocycles. The van der Waals surface area contributed by atoms with E-state index in [4.69, 9.17) is 9.15 Å². The molecule has 22 heavy (non-hydrogen) atoms. The Morgan fingerprint density at radius 2 is 2.14 bits per heavy atom. The highest BCUT2D eigenvalue weighted by atomic mass is 35.5. The van der Waals surface area contributed by atoms with Crippen molar-refractivity contribution in [2.75, 3.05) is 26.7 Å². The normalized spacial score (nSPS) is 18.7. The average molecular weight is 324 g/mol. The fourth-order valence-electron chi connectivity index (χ4n) is 2.56. The average Bonchev–Trinajstić information content (AvgIpc) is 2.98. The van der Waals surface area contributed by atoms with Gasteiger partial charge in [0.2, 0.25) is 5.89 Å². The molecule has 1 fully saturated rings. The van der Waals surface area contributed by atoms with Gasteiger partial charge >= 0.3 is 0 Å². The molecule has 0 amide bonds. The van der Waals surface area contributed by atoms with Gasteiger partial charge in [0.15, 0.2) is 5.76 Å². The minimum absolute atomic E-state index is 0. The van der Waals surface area contributed by atoms with E-state index in [1.54, 1.807) is 13.3 Å². The summed E-state index contributed by atoms with van der Waals surface area (Å²) in [6.45, 7) is 6.06. The zero-order chi connectivity index (χ0) is 14.7. The summed E-state index contributed by atoms with van der Waals surface area (Å²) in [6.07, 6.45) is 1.80. The van der Waals surface area contributed by atoms with Crippen molar-refractivity contribution in [1.29, 1.82) is 0 Å². The lowest BCUT2D eigenvalue weighted by Crippen LogP contribution is -2.49. The van der Waals surface area contributed by atoms with Gasteiger partial charge in [0.05, 0.1) is 19.9 Å². The number of benzene rings is 1. The zero-order valence-corrected chi connectivity index (χ0v) is 13.7. The summed E-state index contributed by atoms with van der Waals surface area (Å²) in [5.74, 6) is 2.41. The summed E-state index contributed by atoms with van der Waals surface area (Å²) in [4.78, 5) is 6.79. The lowest BCUT2D eigenvalue weighted by atomic mass is 10.2. The first-order valence-electron chi connectivity index (χ1n) is 7.30. The Labute approximate surface area is 137 Å². The van der Waals surface area contributed by atoms with Crippen LogP contribution < -0.4 is 10.1 Å². The molecule has 1 aromatic heterocycles. The molecule has 1 aromatic carbocycles. The van der Waals surface area contributed by atoms with Crippen LogP contribution in [0.4, 0.5) is 0 Å². The van der Waals surface area contributed by atoms with E-state index in [9.17, 15) is 0 Å². The summed E-state index contributed by atoms with van der Waals surface area (Å²) in [6, 6.07) is 8.33. The number of oxazole rings is 1. The first kappa shape index (κ1) is 16.8. The lowest BCUT2D eigenvalue weighted by molar-refractivity contribution is 0.151. The van der Waals surface area contributed by atoms with E-state index in [1.165, 1.54) is 0 Å². The summed E-state index contributed by atoms with van der Waals surface area (Å²) in [5.41, 5.74) is 1.02. The summed E-state index contributed by atoms with van der Waals surface area (Å²) < 4.78 is 11.0. The predicted molar refractivity (Wildman–Crippen MR) is 88.5 cm³/mol. The van der Waals surface area contributed by atoms with Crippen LogP contribution in [-0.4, -0.2) is 42.7 Å². The number of hydrogen-bond donors (Lipinski definition) is 1. The fourth-order valence-corrected chi connectivity index (χ4v) is 2.56. The van der Waals surface area contributed by atoms with Crippen LogP contribution in [0.1, 0.15) is 12.8 Å². The maximum Gasteiger partial charge on any atom is 0.209 e. The number of nitrogens with zero attached hydrogens (tertiary/aromatic N) is 2. The van der Waals surface area contributed by atoms with Gasteiger partial charge in [0, 0.05) is 31.2 Å². The highest BCUT2D eigenvalue weighted by molar-refractivity contribution is 5.85. The molecule has 0 aliphatic carbocycles. The highest BCUT2D eigenvalue weighted by Gasteiger charge is 2.20.